The summed E-state index contributed by atoms with van der Waals surface area (Å²) in [4.78, 5) is 0. The van der Waals surface area contributed by atoms with E-state index >= 15 is 0 Å². The average Bonchev–Trinajstić information content (AvgIpc) is 2.62. The summed E-state index contributed by atoms with van der Waals surface area (Å²) in [6.45, 7) is 8.94. The Kier molecular flexibility index (Phi) is 3.90. The topological polar surface area (TPSA) is 27.7 Å². The fraction of sp³-hybridized carbons (Fsp3) is 0.700. The summed E-state index contributed by atoms with van der Waals surface area (Å²) >= 11 is 0. The van der Waals surface area contributed by atoms with Crippen molar-refractivity contribution >= 4 is 13.2 Å². The van der Waals surface area contributed by atoms with Gasteiger partial charge in [-0.25, -0.2) is 0 Å². The minimum absolute atomic E-state index is 0.131. The van der Waals surface area contributed by atoms with Crippen molar-refractivity contribution in [2.24, 2.45) is 0 Å². The van der Waals surface area contributed by atoms with Crippen molar-refractivity contribution in [3.8, 4) is 0 Å². The zero-order valence-electron chi connectivity index (χ0n) is 15.3. The number of hydrogen-bond acceptors (Lipinski definition) is 3. The Morgan fingerprint density at radius 1 is 0.750 bits per heavy atom. The average molecular weight is 348 g/mol. The molecule has 3 nitrogen and oxygen atoms in total. The standard InChI is InChI=1S/C20H29O3P/c1-5-17-14-19(7-3)23-18(6-2,21-17)15-20(8-4,22-17)24(19)16-12-10-9-11-13-16/h9-13H,5-8,14-15H2,1-4H3/t17-,18-,19+,20+/m0/s1. The second kappa shape index (κ2) is 5.51. The molecule has 0 unspecified atom stereocenters. The van der Waals surface area contributed by atoms with Gasteiger partial charge in [0, 0.05) is 12.8 Å². The first-order valence-electron chi connectivity index (χ1n) is 9.46. The largest absolute Gasteiger partial charge is 0.338 e. The molecule has 0 saturated carbocycles. The van der Waals surface area contributed by atoms with Crippen LogP contribution in [-0.4, -0.2) is 22.3 Å². The van der Waals surface area contributed by atoms with Crippen molar-refractivity contribution in [2.75, 3.05) is 0 Å². The maximum Gasteiger partial charge on any atom is 0.175 e. The second-order valence-electron chi connectivity index (χ2n) is 7.46. The lowest BCUT2D eigenvalue weighted by atomic mass is 9.90. The molecular weight excluding hydrogens is 319 g/mol. The Morgan fingerprint density at radius 2 is 1.25 bits per heavy atom. The van der Waals surface area contributed by atoms with E-state index in [-0.39, 0.29) is 10.7 Å². The molecule has 4 heteroatoms. The fourth-order valence-corrected chi connectivity index (χ4v) is 9.15. The normalized spacial score (nSPS) is 46.4. The van der Waals surface area contributed by atoms with Crippen molar-refractivity contribution in [2.45, 2.75) is 88.5 Å². The second-order valence-corrected chi connectivity index (χ2v) is 10.3. The highest BCUT2D eigenvalue weighted by atomic mass is 31.1. The molecule has 24 heavy (non-hydrogen) atoms. The lowest BCUT2D eigenvalue weighted by molar-refractivity contribution is -0.483. The molecule has 0 radical (unpaired) electrons. The third kappa shape index (κ3) is 2.11. The van der Waals surface area contributed by atoms with Crippen molar-refractivity contribution in [3.63, 3.8) is 0 Å². The van der Waals surface area contributed by atoms with E-state index in [0.29, 0.717) is 0 Å². The van der Waals surface area contributed by atoms with Crippen molar-refractivity contribution in [3.05, 3.63) is 30.3 Å². The summed E-state index contributed by atoms with van der Waals surface area (Å²) in [5.41, 5.74) is 0. The Labute approximate surface area is 146 Å². The molecule has 0 N–H and O–H groups in total. The lowest BCUT2D eigenvalue weighted by Gasteiger charge is -2.72. The Morgan fingerprint density at radius 3 is 1.67 bits per heavy atom. The van der Waals surface area contributed by atoms with Crippen LogP contribution in [0.2, 0.25) is 0 Å². The summed E-state index contributed by atoms with van der Waals surface area (Å²) in [6.07, 6.45) is 5.53. The monoisotopic (exact) mass is 348 g/mol. The number of rotatable bonds is 5. The number of ether oxygens (including phenoxy) is 3. The van der Waals surface area contributed by atoms with Crippen LogP contribution in [0.5, 0.6) is 0 Å². The molecule has 4 fully saturated rings. The van der Waals surface area contributed by atoms with Gasteiger partial charge in [-0.05, 0) is 38.9 Å². The summed E-state index contributed by atoms with van der Waals surface area (Å²) in [6, 6.07) is 10.9. The molecule has 4 aliphatic rings. The fourth-order valence-electron chi connectivity index (χ4n) is 5.05. The van der Waals surface area contributed by atoms with E-state index in [2.05, 4.69) is 58.0 Å². The third-order valence-electron chi connectivity index (χ3n) is 6.23. The first-order chi connectivity index (χ1) is 11.5. The predicted molar refractivity (Wildman–Crippen MR) is 97.6 cm³/mol. The minimum Gasteiger partial charge on any atom is -0.338 e. The predicted octanol–water partition coefficient (Wildman–Crippen LogP) is 5.09. The van der Waals surface area contributed by atoms with Gasteiger partial charge in [-0.15, -0.1) is 0 Å². The molecule has 4 heterocycles. The molecule has 0 amide bonds. The van der Waals surface area contributed by atoms with Gasteiger partial charge in [0.15, 0.2) is 11.6 Å². The molecule has 4 aliphatic heterocycles. The molecule has 5 rings (SSSR count). The van der Waals surface area contributed by atoms with Crippen LogP contribution in [-0.2, 0) is 14.2 Å². The Bertz CT molecular complexity index is 569. The van der Waals surface area contributed by atoms with Crippen LogP contribution in [0, 0.1) is 0 Å². The molecule has 132 valence electrons. The van der Waals surface area contributed by atoms with Gasteiger partial charge in [0.1, 0.15) is 10.7 Å². The summed E-state index contributed by atoms with van der Waals surface area (Å²) < 4.78 is 20.2. The number of hydrogen-bond donors (Lipinski definition) is 0. The molecule has 0 aliphatic carbocycles. The first-order valence-corrected chi connectivity index (χ1v) is 10.8. The van der Waals surface area contributed by atoms with E-state index in [1.807, 2.05) is 0 Å². The molecule has 4 atom stereocenters. The molecular formula is C20H29O3P. The maximum absolute atomic E-state index is 6.84. The van der Waals surface area contributed by atoms with Crippen molar-refractivity contribution < 1.29 is 14.2 Å². The van der Waals surface area contributed by atoms with Crippen LogP contribution in [0.15, 0.2) is 30.3 Å². The van der Waals surface area contributed by atoms with Gasteiger partial charge in [0.05, 0.1) is 0 Å². The van der Waals surface area contributed by atoms with E-state index in [4.69, 9.17) is 14.2 Å². The summed E-state index contributed by atoms with van der Waals surface area (Å²) in [5, 5.41) is 1.15. The van der Waals surface area contributed by atoms with Crippen LogP contribution in [0.4, 0.5) is 0 Å². The molecule has 0 spiro atoms. The van der Waals surface area contributed by atoms with E-state index in [9.17, 15) is 0 Å². The Hall–Kier alpha value is -0.470. The quantitative estimate of drug-likeness (QED) is 0.694. The van der Waals surface area contributed by atoms with Gasteiger partial charge in [-0.3, -0.25) is 0 Å². The van der Waals surface area contributed by atoms with Crippen molar-refractivity contribution in [1.82, 2.24) is 0 Å². The lowest BCUT2D eigenvalue weighted by Crippen LogP contribution is -2.74. The molecule has 1 aromatic carbocycles. The van der Waals surface area contributed by atoms with Gasteiger partial charge in [-0.2, -0.15) is 0 Å². The molecule has 0 aromatic heterocycles. The van der Waals surface area contributed by atoms with Crippen molar-refractivity contribution in [1.29, 1.82) is 0 Å². The minimum atomic E-state index is -0.569. The first kappa shape index (κ1) is 17.0. The zero-order valence-corrected chi connectivity index (χ0v) is 16.2. The molecule has 4 saturated heterocycles. The SMILES string of the molecule is CC[C@@]12C[C@]3(CC)O[C@@](CC)(C[C@](CC)(O1)P3c1ccccc1)O2. The highest BCUT2D eigenvalue weighted by Crippen LogP contribution is 2.78. The molecule has 4 bridgehead atoms. The summed E-state index contributed by atoms with van der Waals surface area (Å²) in [5.74, 6) is -0.932. The van der Waals surface area contributed by atoms with Gasteiger partial charge >= 0.3 is 0 Å². The molecule has 1 aromatic rings. The van der Waals surface area contributed by atoms with Crippen LogP contribution in [0.3, 0.4) is 0 Å². The van der Waals surface area contributed by atoms with Crippen LogP contribution < -0.4 is 5.30 Å². The zero-order chi connectivity index (χ0) is 17.1. The van der Waals surface area contributed by atoms with Gasteiger partial charge in [-0.1, -0.05) is 58.0 Å². The Balaban J connectivity index is 1.91. The van der Waals surface area contributed by atoms with Crippen LogP contribution >= 0.6 is 7.92 Å². The van der Waals surface area contributed by atoms with Gasteiger partial charge in [0.2, 0.25) is 0 Å². The smallest absolute Gasteiger partial charge is 0.175 e. The summed E-state index contributed by atoms with van der Waals surface area (Å²) in [7, 11) is -0.569. The van der Waals surface area contributed by atoms with Crippen LogP contribution in [0.25, 0.3) is 0 Å². The maximum atomic E-state index is 6.84. The third-order valence-corrected chi connectivity index (χ3v) is 9.80. The van der Waals surface area contributed by atoms with E-state index in [0.717, 1.165) is 38.5 Å². The highest BCUT2D eigenvalue weighted by molar-refractivity contribution is 7.68. The van der Waals surface area contributed by atoms with E-state index < -0.39 is 19.5 Å². The van der Waals surface area contributed by atoms with E-state index in [1.54, 1.807) is 0 Å². The van der Waals surface area contributed by atoms with E-state index in [1.165, 1.54) is 5.30 Å². The highest BCUT2D eigenvalue weighted by Gasteiger charge is 2.74. The van der Waals surface area contributed by atoms with Gasteiger partial charge < -0.3 is 14.2 Å². The number of benzene rings is 1. The van der Waals surface area contributed by atoms with Crippen LogP contribution in [0.1, 0.15) is 66.2 Å². The van der Waals surface area contributed by atoms with Gasteiger partial charge in [0.25, 0.3) is 0 Å².